The van der Waals surface area contributed by atoms with E-state index in [1.165, 1.54) is 0 Å². The first-order valence-electron chi connectivity index (χ1n) is 3.75. The van der Waals surface area contributed by atoms with Gasteiger partial charge in [0.2, 0.25) is 0 Å². The third-order valence-electron chi connectivity index (χ3n) is 1.77. The number of halogens is 1. The van der Waals surface area contributed by atoms with Crippen LogP contribution in [0.1, 0.15) is 5.69 Å². The van der Waals surface area contributed by atoms with Gasteiger partial charge in [0.1, 0.15) is 5.69 Å². The summed E-state index contributed by atoms with van der Waals surface area (Å²) in [5, 5.41) is 1.00. The number of aromatic nitrogens is 1. The molecule has 0 atom stereocenters. The van der Waals surface area contributed by atoms with Crippen molar-refractivity contribution >= 4 is 33.1 Å². The van der Waals surface area contributed by atoms with Crippen molar-refractivity contribution in [1.29, 1.82) is 0 Å². The third kappa shape index (κ3) is 1.47. The number of hydrogen-bond acceptors (Lipinski definition) is 2. The fourth-order valence-electron chi connectivity index (χ4n) is 1.19. The van der Waals surface area contributed by atoms with Crippen molar-refractivity contribution in [2.75, 3.05) is 0 Å². The Morgan fingerprint density at radius 3 is 2.85 bits per heavy atom. The van der Waals surface area contributed by atoms with E-state index in [0.29, 0.717) is 5.69 Å². The summed E-state index contributed by atoms with van der Waals surface area (Å²) < 4.78 is 0.872. The van der Waals surface area contributed by atoms with Gasteiger partial charge in [-0.2, -0.15) is 0 Å². The Kier molecular flexibility index (Phi) is 2.10. The van der Waals surface area contributed by atoms with Gasteiger partial charge >= 0.3 is 0 Å². The van der Waals surface area contributed by atoms with Crippen LogP contribution in [0.2, 0.25) is 0 Å². The van der Waals surface area contributed by atoms with Crippen molar-refractivity contribution in [3.8, 4) is 0 Å². The molecule has 0 bridgehead atoms. The molecule has 13 heavy (non-hydrogen) atoms. The zero-order valence-corrected chi connectivity index (χ0v) is 8.21. The van der Waals surface area contributed by atoms with Gasteiger partial charge in [-0.3, -0.25) is 4.79 Å². The summed E-state index contributed by atoms with van der Waals surface area (Å²) in [5.41, 5.74) is 1.13. The maximum Gasteiger partial charge on any atom is 0.253 e. The first-order chi connectivity index (χ1) is 6.31. The zero-order chi connectivity index (χ0) is 9.26. The van der Waals surface area contributed by atoms with E-state index in [0.717, 1.165) is 15.4 Å². The van der Waals surface area contributed by atoms with Crippen LogP contribution in [-0.2, 0) is 4.79 Å². The molecule has 0 unspecified atom stereocenters. The Morgan fingerprint density at radius 1 is 1.31 bits per heavy atom. The van der Waals surface area contributed by atoms with E-state index in [4.69, 9.17) is 0 Å². The first-order valence-corrected chi connectivity index (χ1v) is 4.54. The summed E-state index contributed by atoms with van der Waals surface area (Å²) in [6.45, 7) is 0. The quantitative estimate of drug-likeness (QED) is 0.759. The van der Waals surface area contributed by atoms with Gasteiger partial charge in [-0.15, -0.1) is 0 Å². The highest BCUT2D eigenvalue weighted by Crippen LogP contribution is 2.22. The van der Waals surface area contributed by atoms with Crippen molar-refractivity contribution in [2.24, 2.45) is 0 Å². The van der Waals surface area contributed by atoms with Crippen LogP contribution in [0.5, 0.6) is 0 Å². The maximum atomic E-state index is 10.4. The highest BCUT2D eigenvalue weighted by molar-refractivity contribution is 9.10. The minimum Gasteiger partial charge on any atom is -0.283 e. The summed E-state index contributed by atoms with van der Waals surface area (Å²) >= 11 is 3.37. The Morgan fingerprint density at radius 2 is 2.08 bits per heavy atom. The summed E-state index contributed by atoms with van der Waals surface area (Å²) in [4.78, 5) is 14.5. The molecule has 3 heteroatoms. The van der Waals surface area contributed by atoms with Crippen LogP contribution in [0.15, 0.2) is 34.8 Å². The highest BCUT2D eigenvalue weighted by Gasteiger charge is 2.01. The molecule has 0 aliphatic carbocycles. The average molecular weight is 235 g/mol. The molecule has 1 radical (unpaired) electrons. The van der Waals surface area contributed by atoms with Crippen LogP contribution in [0.25, 0.3) is 10.9 Å². The molecule has 0 aliphatic rings. The highest BCUT2D eigenvalue weighted by atomic mass is 79.9. The lowest BCUT2D eigenvalue weighted by molar-refractivity contribution is 0.561. The molecule has 2 aromatic rings. The lowest BCUT2D eigenvalue weighted by Gasteiger charge is -1.99. The fraction of sp³-hybridized carbons (Fsp3) is 0. The second-order valence-electron chi connectivity index (χ2n) is 2.61. The van der Waals surface area contributed by atoms with Gasteiger partial charge < -0.3 is 0 Å². The van der Waals surface area contributed by atoms with E-state index in [2.05, 4.69) is 20.9 Å². The first kappa shape index (κ1) is 8.38. The van der Waals surface area contributed by atoms with Gasteiger partial charge in [0.15, 0.2) is 0 Å². The van der Waals surface area contributed by atoms with Crippen LogP contribution in [0, 0.1) is 0 Å². The van der Waals surface area contributed by atoms with Gasteiger partial charge in [0.05, 0.1) is 5.52 Å². The van der Waals surface area contributed by atoms with Crippen molar-refractivity contribution in [3.63, 3.8) is 0 Å². The fourth-order valence-corrected chi connectivity index (χ4v) is 1.74. The van der Waals surface area contributed by atoms with Crippen molar-refractivity contribution in [1.82, 2.24) is 4.98 Å². The summed E-state index contributed by atoms with van der Waals surface area (Å²) in [7, 11) is 0. The Hall–Kier alpha value is -1.22. The van der Waals surface area contributed by atoms with Gasteiger partial charge in [-0.1, -0.05) is 34.1 Å². The molecule has 0 amide bonds. The van der Waals surface area contributed by atoms with Crippen LogP contribution >= 0.6 is 15.9 Å². The van der Waals surface area contributed by atoms with Crippen molar-refractivity contribution < 1.29 is 4.79 Å². The van der Waals surface area contributed by atoms with Crippen LogP contribution < -0.4 is 0 Å². The van der Waals surface area contributed by atoms with Crippen molar-refractivity contribution in [3.05, 3.63) is 40.5 Å². The van der Waals surface area contributed by atoms with E-state index in [-0.39, 0.29) is 0 Å². The predicted molar refractivity (Wildman–Crippen MR) is 54.2 cm³/mol. The molecule has 2 nitrogen and oxygen atoms in total. The molecule has 0 fully saturated rings. The average Bonchev–Trinajstić information content (AvgIpc) is 2.18. The third-order valence-corrected chi connectivity index (χ3v) is 2.43. The molecule has 0 aliphatic heterocycles. The molecule has 63 valence electrons. The second kappa shape index (κ2) is 3.26. The predicted octanol–water partition coefficient (Wildman–Crippen LogP) is 2.46. The monoisotopic (exact) mass is 234 g/mol. The minimum absolute atomic E-state index is 0.325. The zero-order valence-electron chi connectivity index (χ0n) is 6.62. The van der Waals surface area contributed by atoms with Gasteiger partial charge in [-0.25, -0.2) is 4.98 Å². The summed E-state index contributed by atoms with van der Waals surface area (Å²) in [6, 6.07) is 9.28. The molecule has 1 heterocycles. The molecule has 2 rings (SSSR count). The Labute approximate surface area is 83.7 Å². The lowest BCUT2D eigenvalue weighted by atomic mass is 10.2. The number of hydrogen-bond donors (Lipinski definition) is 0. The Balaban J connectivity index is 2.84. The molecule has 0 saturated carbocycles. The molecular weight excluding hydrogens is 230 g/mol. The molecular formula is C10H5BrNO. The lowest BCUT2D eigenvalue weighted by Crippen LogP contribution is -1.88. The Bertz CT molecular complexity index is 467. The SMILES string of the molecule is O=[C]c1cc(Br)c2ccccc2n1. The van der Waals surface area contributed by atoms with Crippen molar-refractivity contribution in [2.45, 2.75) is 0 Å². The van der Waals surface area contributed by atoms with Gasteiger partial charge in [0, 0.05) is 9.86 Å². The van der Waals surface area contributed by atoms with E-state index in [9.17, 15) is 4.79 Å². The smallest absolute Gasteiger partial charge is 0.253 e. The number of benzene rings is 1. The number of pyridine rings is 1. The number of nitrogens with zero attached hydrogens (tertiary/aromatic N) is 1. The second-order valence-corrected chi connectivity index (χ2v) is 3.46. The molecule has 0 spiro atoms. The number of para-hydroxylation sites is 1. The number of fused-ring (bicyclic) bond motifs is 1. The number of carbonyl (C=O) groups excluding carboxylic acids is 1. The van der Waals surface area contributed by atoms with Gasteiger partial charge in [0.25, 0.3) is 6.29 Å². The normalized spacial score (nSPS) is 10.2. The largest absolute Gasteiger partial charge is 0.283 e. The van der Waals surface area contributed by atoms with E-state index in [1.54, 1.807) is 12.4 Å². The summed E-state index contributed by atoms with van der Waals surface area (Å²) in [5.74, 6) is 0. The molecule has 0 N–H and O–H groups in total. The van der Waals surface area contributed by atoms with Crippen LogP contribution in [0.3, 0.4) is 0 Å². The van der Waals surface area contributed by atoms with Gasteiger partial charge in [-0.05, 0) is 12.1 Å². The van der Waals surface area contributed by atoms with Crippen LogP contribution in [0.4, 0.5) is 0 Å². The van der Waals surface area contributed by atoms with E-state index < -0.39 is 0 Å². The topological polar surface area (TPSA) is 30.0 Å². The van der Waals surface area contributed by atoms with Crippen LogP contribution in [-0.4, -0.2) is 11.3 Å². The standard InChI is InChI=1S/C10H5BrNO/c11-9-5-7(6-13)12-10-4-2-1-3-8(9)10/h1-5H. The number of rotatable bonds is 1. The maximum absolute atomic E-state index is 10.4. The minimum atomic E-state index is 0.325. The summed E-state index contributed by atoms with van der Waals surface area (Å²) in [6.07, 6.45) is 1.77. The molecule has 1 aromatic heterocycles. The molecule has 0 saturated heterocycles. The van der Waals surface area contributed by atoms with E-state index in [1.807, 2.05) is 24.3 Å². The molecule has 1 aromatic carbocycles. The van der Waals surface area contributed by atoms with E-state index >= 15 is 0 Å².